The van der Waals surface area contributed by atoms with Crippen LogP contribution in [0.5, 0.6) is 0 Å². The Balaban J connectivity index is 1.62. The van der Waals surface area contributed by atoms with Gasteiger partial charge in [-0.25, -0.2) is 22.9 Å². The van der Waals surface area contributed by atoms with Gasteiger partial charge in [0.05, 0.1) is 29.7 Å². The summed E-state index contributed by atoms with van der Waals surface area (Å²) in [4.78, 5) is 35.0. The fraction of sp³-hybridized carbons (Fsp3) is 0.500. The monoisotopic (exact) mass is 627 g/mol. The third-order valence-electron chi connectivity index (χ3n) is 7.45. The van der Waals surface area contributed by atoms with Crippen LogP contribution in [-0.4, -0.2) is 78.0 Å². The Bertz CT molecular complexity index is 1370. The van der Waals surface area contributed by atoms with E-state index in [0.29, 0.717) is 36.8 Å². The normalized spacial score (nSPS) is 20.8. The lowest BCUT2D eigenvalue weighted by Crippen LogP contribution is -2.42. The van der Waals surface area contributed by atoms with Crippen molar-refractivity contribution in [3.05, 3.63) is 62.5 Å². The van der Waals surface area contributed by atoms with Crippen LogP contribution < -0.4 is 10.6 Å². The zero-order chi connectivity index (χ0) is 30.7. The highest BCUT2D eigenvalue weighted by Crippen LogP contribution is 2.39. The van der Waals surface area contributed by atoms with Crippen LogP contribution in [0.1, 0.15) is 49.7 Å². The number of aliphatic imine (C=N–C) groups is 1. The molecule has 3 N–H and O–H groups in total. The molecule has 14 heteroatoms. The first-order chi connectivity index (χ1) is 19.8. The third kappa shape index (κ3) is 7.31. The Morgan fingerprint density at radius 3 is 2.76 bits per heavy atom. The van der Waals surface area contributed by atoms with Gasteiger partial charge in [0, 0.05) is 41.8 Å². The Morgan fingerprint density at radius 1 is 1.33 bits per heavy atom. The lowest BCUT2D eigenvalue weighted by Gasteiger charge is -2.31. The number of likely N-dealkylation sites (tertiary alicyclic amines) is 1. The van der Waals surface area contributed by atoms with E-state index in [4.69, 9.17) is 16.3 Å². The van der Waals surface area contributed by atoms with Gasteiger partial charge in [-0.1, -0.05) is 23.7 Å². The van der Waals surface area contributed by atoms with Crippen molar-refractivity contribution in [1.82, 2.24) is 20.5 Å². The van der Waals surface area contributed by atoms with Crippen LogP contribution in [0.2, 0.25) is 5.02 Å². The molecule has 2 aliphatic rings. The lowest BCUT2D eigenvalue weighted by atomic mass is 9.90. The number of aliphatic carboxylic acids is 1. The first kappa shape index (κ1) is 31.9. The molecular formula is C28H33ClF3N5O4S. The molecule has 1 fully saturated rings. The number of benzene rings is 1. The van der Waals surface area contributed by atoms with Crippen LogP contribution in [0.15, 0.2) is 46.0 Å². The van der Waals surface area contributed by atoms with Gasteiger partial charge in [0.15, 0.2) is 10.8 Å². The topological polar surface area (TPSA) is 116 Å². The zero-order valence-electron chi connectivity index (χ0n) is 23.4. The minimum atomic E-state index is -2.95. The molecule has 0 unspecified atom stereocenters. The van der Waals surface area contributed by atoms with Gasteiger partial charge >= 0.3 is 11.9 Å². The summed E-state index contributed by atoms with van der Waals surface area (Å²) < 4.78 is 49.0. The quantitative estimate of drug-likeness (QED) is 0.230. The number of ether oxygens (including phenoxy) is 1. The molecule has 2 aromatic rings. The molecule has 228 valence electrons. The largest absolute Gasteiger partial charge is 0.481 e. The maximum Gasteiger partial charge on any atom is 0.338 e. The standard InChI is InChI=1S/C28H33ClF3N5O4S/c1-27(2,26(39)40)8-10-33-9-7-16-13-28(31,32)15-37(16)14-19-20(25(38)41-3)22(17-5-4-6-18(30)21(17)29)36-23(35-19)24-34-11-12-42-24/h4-6,11-12,16,22,33H,7-10,13-15H2,1-3H3,(H,35,36)(H,39,40)/t16-,22-/m0/s1. The minimum absolute atomic E-state index is 0.0355. The molecule has 0 radical (unpaired) electrons. The molecule has 3 heterocycles. The number of carboxylic acids is 1. The summed E-state index contributed by atoms with van der Waals surface area (Å²) in [7, 11) is 1.20. The number of methoxy groups -OCH3 is 1. The Hall–Kier alpha value is -3.00. The number of carbonyl (C=O) groups excluding carboxylic acids is 1. The Kier molecular flexibility index (Phi) is 9.96. The summed E-state index contributed by atoms with van der Waals surface area (Å²) in [5.41, 5.74) is -0.359. The van der Waals surface area contributed by atoms with E-state index in [2.05, 4.69) is 20.6 Å². The smallest absolute Gasteiger partial charge is 0.338 e. The summed E-state index contributed by atoms with van der Waals surface area (Å²) >= 11 is 7.60. The van der Waals surface area contributed by atoms with E-state index < -0.39 is 47.7 Å². The van der Waals surface area contributed by atoms with E-state index in [-0.39, 0.29) is 34.8 Å². The van der Waals surface area contributed by atoms with Crippen molar-refractivity contribution in [3.8, 4) is 0 Å². The van der Waals surface area contributed by atoms with Crippen molar-refractivity contribution in [1.29, 1.82) is 0 Å². The van der Waals surface area contributed by atoms with E-state index in [1.54, 1.807) is 36.4 Å². The molecular weight excluding hydrogens is 595 g/mol. The van der Waals surface area contributed by atoms with Crippen molar-refractivity contribution in [2.24, 2.45) is 10.4 Å². The van der Waals surface area contributed by atoms with Crippen molar-refractivity contribution >= 4 is 40.7 Å². The minimum Gasteiger partial charge on any atom is -0.481 e. The van der Waals surface area contributed by atoms with Crippen LogP contribution in [0.3, 0.4) is 0 Å². The fourth-order valence-electron chi connectivity index (χ4n) is 5.02. The van der Waals surface area contributed by atoms with Gasteiger partial charge < -0.3 is 20.5 Å². The molecule has 1 saturated heterocycles. The maximum atomic E-state index is 14.7. The second-order valence-corrected chi connectivity index (χ2v) is 12.2. The van der Waals surface area contributed by atoms with Crippen molar-refractivity contribution in [2.45, 2.75) is 51.1 Å². The number of esters is 1. The maximum absolute atomic E-state index is 14.7. The zero-order valence-corrected chi connectivity index (χ0v) is 25.0. The molecule has 0 amide bonds. The molecule has 1 aromatic heterocycles. The van der Waals surface area contributed by atoms with Crippen LogP contribution in [0, 0.1) is 11.2 Å². The molecule has 2 aliphatic heterocycles. The number of hydrogen-bond donors (Lipinski definition) is 3. The highest BCUT2D eigenvalue weighted by molar-refractivity contribution is 7.11. The summed E-state index contributed by atoms with van der Waals surface area (Å²) in [6.07, 6.45) is 1.96. The SMILES string of the molecule is COC(=O)C1=C(CN2CC(F)(F)C[C@@H]2CCNCCC(C)(C)C(=O)O)NC(c2nccs2)=N[C@H]1c1cccc(F)c1Cl. The third-order valence-corrected chi connectivity index (χ3v) is 8.63. The van der Waals surface area contributed by atoms with E-state index in [1.807, 2.05) is 0 Å². The number of amidine groups is 1. The number of halogens is 4. The molecule has 1 aromatic carbocycles. The Morgan fingerprint density at radius 2 is 2.10 bits per heavy atom. The van der Waals surface area contributed by atoms with Gasteiger partial charge in [-0.3, -0.25) is 14.7 Å². The predicted molar refractivity (Wildman–Crippen MR) is 153 cm³/mol. The van der Waals surface area contributed by atoms with Gasteiger partial charge in [0.1, 0.15) is 11.9 Å². The van der Waals surface area contributed by atoms with Crippen molar-refractivity contribution in [3.63, 3.8) is 0 Å². The number of carboxylic acid groups (broad SMARTS) is 1. The van der Waals surface area contributed by atoms with Gasteiger partial charge in [-0.15, -0.1) is 11.3 Å². The van der Waals surface area contributed by atoms with Gasteiger partial charge in [0.25, 0.3) is 5.92 Å². The van der Waals surface area contributed by atoms with Crippen LogP contribution in [-0.2, 0) is 14.3 Å². The molecule has 42 heavy (non-hydrogen) atoms. The average molecular weight is 628 g/mol. The second kappa shape index (κ2) is 13.1. The highest BCUT2D eigenvalue weighted by atomic mass is 35.5. The molecule has 4 rings (SSSR count). The highest BCUT2D eigenvalue weighted by Gasteiger charge is 2.46. The van der Waals surface area contributed by atoms with Crippen molar-refractivity contribution in [2.75, 3.05) is 33.3 Å². The van der Waals surface area contributed by atoms with Crippen LogP contribution in [0.25, 0.3) is 0 Å². The number of nitrogens with zero attached hydrogens (tertiary/aromatic N) is 3. The molecule has 2 atom stereocenters. The molecule has 0 aliphatic carbocycles. The number of hydrogen-bond acceptors (Lipinski definition) is 9. The van der Waals surface area contributed by atoms with Crippen LogP contribution in [0.4, 0.5) is 13.2 Å². The van der Waals surface area contributed by atoms with E-state index in [0.717, 1.165) is 0 Å². The number of aromatic nitrogens is 1. The Labute approximate surface area is 250 Å². The van der Waals surface area contributed by atoms with E-state index in [1.165, 1.54) is 30.6 Å². The van der Waals surface area contributed by atoms with Gasteiger partial charge in [0.2, 0.25) is 0 Å². The van der Waals surface area contributed by atoms with Gasteiger partial charge in [-0.2, -0.15) is 0 Å². The summed E-state index contributed by atoms with van der Waals surface area (Å²) in [6.45, 7) is 3.49. The van der Waals surface area contributed by atoms with E-state index >= 15 is 0 Å². The molecule has 0 saturated carbocycles. The molecule has 9 nitrogen and oxygen atoms in total. The van der Waals surface area contributed by atoms with Gasteiger partial charge in [-0.05, 0) is 45.8 Å². The second-order valence-electron chi connectivity index (χ2n) is 11.0. The average Bonchev–Trinajstić information content (AvgIpc) is 3.57. The number of carbonyl (C=O) groups is 2. The molecule has 0 bridgehead atoms. The first-order valence-corrected chi connectivity index (χ1v) is 14.6. The number of rotatable bonds is 12. The number of alkyl halides is 2. The van der Waals surface area contributed by atoms with Crippen LogP contribution >= 0.6 is 22.9 Å². The van der Waals surface area contributed by atoms with Crippen molar-refractivity contribution < 1.29 is 32.6 Å². The first-order valence-electron chi connectivity index (χ1n) is 13.4. The molecule has 0 spiro atoms. The fourth-order valence-corrected chi connectivity index (χ4v) is 5.83. The summed E-state index contributed by atoms with van der Waals surface area (Å²) in [6, 6.07) is 2.58. The predicted octanol–water partition coefficient (Wildman–Crippen LogP) is 4.64. The number of thiazole rings is 1. The van der Waals surface area contributed by atoms with E-state index in [9.17, 15) is 27.9 Å². The lowest BCUT2D eigenvalue weighted by molar-refractivity contribution is -0.147. The number of nitrogens with one attached hydrogen (secondary N) is 2. The summed E-state index contributed by atoms with van der Waals surface area (Å²) in [5.74, 6) is -5.01. The summed E-state index contributed by atoms with van der Waals surface area (Å²) in [5, 5.41) is 17.6.